The van der Waals surface area contributed by atoms with Gasteiger partial charge in [-0.05, 0) is 0 Å². The number of nitrogens with one attached hydrogen (secondary N) is 2. The van der Waals surface area contributed by atoms with Crippen LogP contribution in [0.5, 0.6) is 0 Å². The van der Waals surface area contributed by atoms with Gasteiger partial charge in [0.2, 0.25) is 5.78 Å². The monoisotopic (exact) mass is 311 g/mol. The van der Waals surface area contributed by atoms with Crippen LogP contribution in [-0.4, -0.2) is 59.1 Å². The zero-order chi connectivity index (χ0) is 16.5. The van der Waals surface area contributed by atoms with Crippen LogP contribution in [0.3, 0.4) is 0 Å². The van der Waals surface area contributed by atoms with Crippen molar-refractivity contribution in [2.75, 3.05) is 0 Å². The van der Waals surface area contributed by atoms with Gasteiger partial charge in [-0.2, -0.15) is 0 Å². The van der Waals surface area contributed by atoms with Gasteiger partial charge < -0.3 is 25.3 Å². The highest BCUT2D eigenvalue weighted by molar-refractivity contribution is 6.33. The van der Waals surface area contributed by atoms with E-state index < -0.39 is 23.8 Å². The number of hydrogen-bond donors (Lipinski definition) is 5. The minimum Gasteiger partial charge on any atom is -0.479 e. The molecule has 0 aromatic carbocycles. The third kappa shape index (κ3) is 5.96. The van der Waals surface area contributed by atoms with Crippen LogP contribution < -0.4 is 0 Å². The summed E-state index contributed by atoms with van der Waals surface area (Å²) in [7, 11) is 0. The van der Waals surface area contributed by atoms with Crippen molar-refractivity contribution in [2.24, 2.45) is 0 Å². The van der Waals surface area contributed by atoms with E-state index in [1.165, 1.54) is 25.0 Å². The molecule has 2 heterocycles. The fraction of sp³-hybridized carbons (Fsp3) is 0.250. The lowest BCUT2D eigenvalue weighted by Crippen LogP contribution is -2.22. The van der Waals surface area contributed by atoms with E-state index >= 15 is 0 Å². The van der Waals surface area contributed by atoms with Crippen molar-refractivity contribution in [2.45, 2.75) is 18.9 Å². The number of H-pyrrole nitrogens is 2. The van der Waals surface area contributed by atoms with Crippen molar-refractivity contribution in [1.82, 2.24) is 19.9 Å². The van der Waals surface area contributed by atoms with Gasteiger partial charge in [0.15, 0.2) is 6.10 Å². The molecule has 2 rings (SSSR count). The molecule has 0 saturated carbocycles. The second-order valence-electron chi connectivity index (χ2n) is 4.12. The quantitative estimate of drug-likeness (QED) is 0.428. The summed E-state index contributed by atoms with van der Waals surface area (Å²) >= 11 is 0. The SMILES string of the molecule is O=C(O)C(=O)Cc1cnc[nH]1.O=C(O)C(O)Cc1cnc[nH]1.[H+]. The van der Waals surface area contributed by atoms with Gasteiger partial charge in [0, 0.05) is 30.2 Å². The molecule has 0 spiro atoms. The van der Waals surface area contributed by atoms with Gasteiger partial charge in [0.05, 0.1) is 19.1 Å². The van der Waals surface area contributed by atoms with E-state index in [2.05, 4.69) is 19.9 Å². The van der Waals surface area contributed by atoms with Gasteiger partial charge in [0.1, 0.15) is 0 Å². The lowest BCUT2D eigenvalue weighted by molar-refractivity contribution is -0.148. The predicted octanol–water partition coefficient (Wildman–Crippen LogP) is -0.884. The van der Waals surface area contributed by atoms with Crippen LogP contribution in [0.25, 0.3) is 0 Å². The Hall–Kier alpha value is -3.01. The predicted molar refractivity (Wildman–Crippen MR) is 72.0 cm³/mol. The molecule has 0 bridgehead atoms. The van der Waals surface area contributed by atoms with Gasteiger partial charge in [-0.25, -0.2) is 19.6 Å². The smallest absolute Gasteiger partial charge is 0.479 e. The van der Waals surface area contributed by atoms with E-state index in [0.717, 1.165) is 0 Å². The van der Waals surface area contributed by atoms with Gasteiger partial charge >= 0.3 is 13.4 Å². The summed E-state index contributed by atoms with van der Waals surface area (Å²) in [4.78, 5) is 43.4. The standard InChI is InChI=1S/C6H8N2O3.C6H6N2O3/c2*9-5(6(10)11)1-4-2-7-3-8-4/h2-3,5,9H,1H2,(H,7,8)(H,10,11);2-3H,1H2,(H,7,8)(H,10,11)/p+1. The topological polar surface area (TPSA) is 169 Å². The van der Waals surface area contributed by atoms with Crippen LogP contribution in [0.2, 0.25) is 0 Å². The number of aliphatic carboxylic acids is 2. The number of carboxylic acid groups (broad SMARTS) is 2. The summed E-state index contributed by atoms with van der Waals surface area (Å²) in [6.45, 7) is 0. The van der Waals surface area contributed by atoms with Crippen LogP contribution in [-0.2, 0) is 27.2 Å². The van der Waals surface area contributed by atoms with Gasteiger partial charge in [-0.15, -0.1) is 0 Å². The molecule has 0 fully saturated rings. The Kier molecular flexibility index (Phi) is 6.44. The van der Waals surface area contributed by atoms with E-state index in [1.807, 2.05) is 0 Å². The third-order valence-corrected chi connectivity index (χ3v) is 2.40. The first-order valence-corrected chi connectivity index (χ1v) is 6.01. The molecule has 5 N–H and O–H groups in total. The minimum atomic E-state index is -1.42. The summed E-state index contributed by atoms with van der Waals surface area (Å²) in [6.07, 6.45) is 4.31. The Balaban J connectivity index is 0.000000403. The molecule has 0 aliphatic heterocycles. The van der Waals surface area contributed by atoms with E-state index in [-0.39, 0.29) is 14.3 Å². The number of nitrogens with zero attached hydrogens (tertiary/aromatic N) is 2. The number of carbonyl (C=O) groups is 3. The van der Waals surface area contributed by atoms with E-state index in [4.69, 9.17) is 15.3 Å². The number of carbonyl (C=O) groups excluding carboxylic acids is 1. The number of Topliss-reactive ketones (excluding diaryl/α,β-unsaturated/α-hetero) is 1. The van der Waals surface area contributed by atoms with E-state index in [9.17, 15) is 14.4 Å². The van der Waals surface area contributed by atoms with Crippen molar-refractivity contribution in [3.63, 3.8) is 0 Å². The molecule has 0 saturated heterocycles. The highest BCUT2D eigenvalue weighted by Gasteiger charge is 2.13. The zero-order valence-electron chi connectivity index (χ0n) is 12.3. The average Bonchev–Trinajstić information content (AvgIpc) is 3.12. The zero-order valence-corrected chi connectivity index (χ0v) is 11.3. The number of aliphatic hydroxyl groups is 1. The first-order valence-electron chi connectivity index (χ1n) is 6.01. The van der Waals surface area contributed by atoms with Gasteiger partial charge in [-0.1, -0.05) is 0 Å². The highest BCUT2D eigenvalue weighted by atomic mass is 16.4. The lowest BCUT2D eigenvalue weighted by atomic mass is 10.2. The second kappa shape index (κ2) is 8.32. The summed E-state index contributed by atoms with van der Waals surface area (Å²) in [5.74, 6) is -3.48. The molecule has 10 nitrogen and oxygen atoms in total. The number of imidazole rings is 2. The van der Waals surface area contributed by atoms with Crippen LogP contribution in [0.1, 0.15) is 12.8 Å². The molecular weight excluding hydrogens is 296 g/mol. The number of aliphatic hydroxyl groups excluding tert-OH is 1. The third-order valence-electron chi connectivity index (χ3n) is 2.40. The maximum atomic E-state index is 10.6. The van der Waals surface area contributed by atoms with Gasteiger partial charge in [-0.3, -0.25) is 4.79 Å². The summed E-state index contributed by atoms with van der Waals surface area (Å²) in [5.41, 5.74) is 1.12. The molecule has 0 aliphatic carbocycles. The van der Waals surface area contributed by atoms with Crippen molar-refractivity contribution in [3.05, 3.63) is 36.4 Å². The van der Waals surface area contributed by atoms with Crippen molar-refractivity contribution >= 4 is 17.7 Å². The van der Waals surface area contributed by atoms with Crippen molar-refractivity contribution < 1.29 is 31.1 Å². The van der Waals surface area contributed by atoms with Crippen LogP contribution in [0.15, 0.2) is 25.0 Å². The van der Waals surface area contributed by atoms with Crippen molar-refractivity contribution in [3.8, 4) is 0 Å². The first-order chi connectivity index (χ1) is 10.4. The van der Waals surface area contributed by atoms with Crippen molar-refractivity contribution in [1.29, 1.82) is 0 Å². The molecule has 1 unspecified atom stereocenters. The fourth-order valence-corrected chi connectivity index (χ4v) is 1.32. The summed E-state index contributed by atoms with van der Waals surface area (Å²) in [6, 6.07) is 0. The number of aromatic amines is 2. The molecule has 0 aliphatic rings. The largest absolute Gasteiger partial charge is 1.00 e. The Morgan fingerprint density at radius 3 is 2.05 bits per heavy atom. The molecule has 0 amide bonds. The van der Waals surface area contributed by atoms with Crippen LogP contribution in [0.4, 0.5) is 0 Å². The Morgan fingerprint density at radius 2 is 1.64 bits per heavy atom. The Morgan fingerprint density at radius 1 is 1.09 bits per heavy atom. The molecule has 10 heteroatoms. The molecule has 0 radical (unpaired) electrons. The maximum Gasteiger partial charge on any atom is 1.00 e. The lowest BCUT2D eigenvalue weighted by Gasteiger charge is -2.00. The number of rotatable bonds is 6. The summed E-state index contributed by atoms with van der Waals surface area (Å²) < 4.78 is 0. The molecule has 22 heavy (non-hydrogen) atoms. The first kappa shape index (κ1) is 17.0. The minimum absolute atomic E-state index is 0. The maximum absolute atomic E-state index is 10.6. The number of carboxylic acids is 2. The average molecular weight is 311 g/mol. The number of aromatic nitrogens is 4. The Bertz CT molecular complexity index is 614. The molecular formula is C12H15N4O6+. The van der Waals surface area contributed by atoms with Gasteiger partial charge in [0.25, 0.3) is 0 Å². The van der Waals surface area contributed by atoms with Crippen LogP contribution >= 0.6 is 0 Å². The van der Waals surface area contributed by atoms with Crippen LogP contribution in [0, 0.1) is 0 Å². The highest BCUT2D eigenvalue weighted by Crippen LogP contribution is 1.97. The van der Waals surface area contributed by atoms with E-state index in [0.29, 0.717) is 11.4 Å². The second-order valence-corrected chi connectivity index (χ2v) is 4.12. The Labute approximate surface area is 125 Å². The number of hydrogen-bond acceptors (Lipinski definition) is 6. The molecule has 2 aromatic rings. The normalized spacial score (nSPS) is 11.1. The fourth-order valence-electron chi connectivity index (χ4n) is 1.32. The number of ketones is 1. The summed E-state index contributed by atoms with van der Waals surface area (Å²) in [5, 5.41) is 25.3. The molecule has 118 valence electrons. The van der Waals surface area contributed by atoms with E-state index in [1.54, 1.807) is 0 Å². The molecule has 2 aromatic heterocycles. The molecule has 1 atom stereocenters.